The topological polar surface area (TPSA) is 15.3 Å². The predicted molar refractivity (Wildman–Crippen MR) is 78.0 cm³/mol. The molecule has 0 amide bonds. The van der Waals surface area contributed by atoms with E-state index >= 15 is 0 Å². The predicted octanol–water partition coefficient (Wildman–Crippen LogP) is 3.47. The van der Waals surface area contributed by atoms with Crippen LogP contribution in [-0.4, -0.2) is 31.1 Å². The highest BCUT2D eigenvalue weighted by molar-refractivity contribution is 6.30. The summed E-state index contributed by atoms with van der Waals surface area (Å²) in [7, 11) is 0. The average molecular weight is 285 g/mol. The van der Waals surface area contributed by atoms with Crippen LogP contribution in [0.15, 0.2) is 18.2 Å². The second-order valence-electron chi connectivity index (χ2n) is 5.28. The van der Waals surface area contributed by atoms with Crippen molar-refractivity contribution in [3.8, 4) is 0 Å². The van der Waals surface area contributed by atoms with Crippen molar-refractivity contribution in [3.05, 3.63) is 34.6 Å². The Morgan fingerprint density at radius 3 is 2.63 bits per heavy atom. The number of benzene rings is 1. The molecule has 2 atom stereocenters. The molecule has 0 bridgehead atoms. The zero-order chi connectivity index (χ0) is 13.8. The summed E-state index contributed by atoms with van der Waals surface area (Å²) in [6.07, 6.45) is 1.04. The van der Waals surface area contributed by atoms with Gasteiger partial charge in [0.25, 0.3) is 0 Å². The molecule has 0 saturated carbocycles. The first-order chi connectivity index (χ1) is 9.13. The van der Waals surface area contributed by atoms with Crippen LogP contribution in [0.5, 0.6) is 0 Å². The highest BCUT2D eigenvalue weighted by Crippen LogP contribution is 2.33. The molecular formula is C15H22ClFN2. The minimum absolute atomic E-state index is 0.143. The van der Waals surface area contributed by atoms with Crippen molar-refractivity contribution in [2.24, 2.45) is 5.92 Å². The molecule has 106 valence electrons. The number of nitrogens with zero attached hydrogens (tertiary/aromatic N) is 1. The molecule has 1 N–H and O–H groups in total. The van der Waals surface area contributed by atoms with E-state index in [4.69, 9.17) is 11.6 Å². The Morgan fingerprint density at radius 2 is 2.05 bits per heavy atom. The molecule has 0 aromatic heterocycles. The van der Waals surface area contributed by atoms with E-state index in [9.17, 15) is 4.39 Å². The third-order valence-electron chi connectivity index (χ3n) is 4.01. The molecule has 0 aliphatic carbocycles. The number of rotatable bonds is 4. The number of nitrogens with one attached hydrogen (secondary N) is 1. The smallest absolute Gasteiger partial charge is 0.129 e. The third kappa shape index (κ3) is 3.47. The van der Waals surface area contributed by atoms with Crippen LogP contribution in [0.4, 0.5) is 4.39 Å². The van der Waals surface area contributed by atoms with E-state index in [1.807, 2.05) is 6.07 Å². The molecule has 2 nitrogen and oxygen atoms in total. The Hall–Kier alpha value is -0.640. The number of hydrogen-bond donors (Lipinski definition) is 1. The molecule has 1 aromatic carbocycles. The summed E-state index contributed by atoms with van der Waals surface area (Å²) in [6, 6.07) is 5.20. The molecule has 1 aliphatic heterocycles. The first-order valence-corrected chi connectivity index (χ1v) is 7.41. The number of halogens is 2. The Labute approximate surface area is 119 Å². The Kier molecular flexibility index (Phi) is 5.20. The van der Waals surface area contributed by atoms with Crippen LogP contribution in [0.25, 0.3) is 0 Å². The van der Waals surface area contributed by atoms with E-state index in [1.54, 1.807) is 6.07 Å². The fraction of sp³-hybridized carbons (Fsp3) is 0.600. The zero-order valence-electron chi connectivity index (χ0n) is 11.6. The zero-order valence-corrected chi connectivity index (χ0v) is 12.4. The van der Waals surface area contributed by atoms with Gasteiger partial charge in [-0.05, 0) is 18.1 Å². The van der Waals surface area contributed by atoms with Gasteiger partial charge in [-0.15, -0.1) is 0 Å². The van der Waals surface area contributed by atoms with E-state index in [-0.39, 0.29) is 11.9 Å². The second kappa shape index (κ2) is 6.69. The minimum atomic E-state index is -0.184. The largest absolute Gasteiger partial charge is 0.314 e. The highest BCUT2D eigenvalue weighted by atomic mass is 35.5. The summed E-state index contributed by atoms with van der Waals surface area (Å²) >= 11 is 5.86. The van der Waals surface area contributed by atoms with Crippen LogP contribution >= 0.6 is 11.6 Å². The van der Waals surface area contributed by atoms with Crippen molar-refractivity contribution >= 4 is 11.6 Å². The van der Waals surface area contributed by atoms with Gasteiger partial charge < -0.3 is 5.32 Å². The number of piperazine rings is 1. The first kappa shape index (κ1) is 14.8. The van der Waals surface area contributed by atoms with Crippen molar-refractivity contribution in [2.75, 3.05) is 26.2 Å². The molecule has 4 heteroatoms. The van der Waals surface area contributed by atoms with E-state index < -0.39 is 0 Å². The second-order valence-corrected chi connectivity index (χ2v) is 5.72. The van der Waals surface area contributed by atoms with Crippen molar-refractivity contribution in [1.82, 2.24) is 10.2 Å². The van der Waals surface area contributed by atoms with Gasteiger partial charge in [-0.2, -0.15) is 0 Å². The normalized spacial score (nSPS) is 20.2. The molecule has 1 fully saturated rings. The monoisotopic (exact) mass is 284 g/mol. The summed E-state index contributed by atoms with van der Waals surface area (Å²) in [5.41, 5.74) is 0.778. The van der Waals surface area contributed by atoms with E-state index in [0.29, 0.717) is 10.9 Å². The molecule has 0 spiro atoms. The van der Waals surface area contributed by atoms with Gasteiger partial charge in [-0.1, -0.05) is 37.9 Å². The van der Waals surface area contributed by atoms with Gasteiger partial charge in [-0.3, -0.25) is 4.90 Å². The molecule has 19 heavy (non-hydrogen) atoms. The maximum atomic E-state index is 14.2. The SMILES string of the molecule is CCC(C)[C@@H](c1ccc(Cl)cc1F)N1CCNCC1. The summed E-state index contributed by atoms with van der Waals surface area (Å²) in [4.78, 5) is 2.39. The van der Waals surface area contributed by atoms with Crippen LogP contribution in [0.3, 0.4) is 0 Å². The van der Waals surface area contributed by atoms with Crippen molar-refractivity contribution in [1.29, 1.82) is 0 Å². The van der Waals surface area contributed by atoms with Crippen molar-refractivity contribution < 1.29 is 4.39 Å². The lowest BCUT2D eigenvalue weighted by Gasteiger charge is -2.38. The summed E-state index contributed by atoms with van der Waals surface area (Å²) < 4.78 is 14.2. The fourth-order valence-electron chi connectivity index (χ4n) is 2.79. The van der Waals surface area contributed by atoms with Gasteiger partial charge in [0.2, 0.25) is 0 Å². The van der Waals surface area contributed by atoms with Gasteiger partial charge in [0.1, 0.15) is 5.82 Å². The van der Waals surface area contributed by atoms with E-state index in [0.717, 1.165) is 38.2 Å². The average Bonchev–Trinajstić information content (AvgIpc) is 2.42. The van der Waals surface area contributed by atoms with Crippen LogP contribution in [0.2, 0.25) is 5.02 Å². The summed E-state index contributed by atoms with van der Waals surface area (Å²) in [5.74, 6) is 0.241. The number of hydrogen-bond acceptors (Lipinski definition) is 2. The molecule has 1 unspecified atom stereocenters. The lowest BCUT2D eigenvalue weighted by atomic mass is 9.90. The van der Waals surface area contributed by atoms with Gasteiger partial charge >= 0.3 is 0 Å². The van der Waals surface area contributed by atoms with Gasteiger partial charge in [0, 0.05) is 42.8 Å². The van der Waals surface area contributed by atoms with Crippen LogP contribution < -0.4 is 5.32 Å². The van der Waals surface area contributed by atoms with Gasteiger partial charge in [-0.25, -0.2) is 4.39 Å². The van der Waals surface area contributed by atoms with Crippen LogP contribution in [0.1, 0.15) is 31.9 Å². The maximum absolute atomic E-state index is 14.2. The van der Waals surface area contributed by atoms with Crippen molar-refractivity contribution in [2.45, 2.75) is 26.3 Å². The van der Waals surface area contributed by atoms with E-state index in [1.165, 1.54) is 6.07 Å². The Morgan fingerprint density at radius 1 is 1.37 bits per heavy atom. The van der Waals surface area contributed by atoms with Crippen LogP contribution in [-0.2, 0) is 0 Å². The molecule has 0 radical (unpaired) electrons. The first-order valence-electron chi connectivity index (χ1n) is 7.03. The standard InChI is InChI=1S/C15H22ClFN2/c1-3-11(2)15(19-8-6-18-7-9-19)13-5-4-12(16)10-14(13)17/h4-5,10-11,15,18H,3,6-9H2,1-2H3/t11?,15-/m0/s1. The summed E-state index contributed by atoms with van der Waals surface area (Å²) in [5, 5.41) is 3.81. The van der Waals surface area contributed by atoms with Crippen LogP contribution in [0, 0.1) is 11.7 Å². The molecule has 1 saturated heterocycles. The van der Waals surface area contributed by atoms with Crippen molar-refractivity contribution in [3.63, 3.8) is 0 Å². The molecule has 1 aromatic rings. The minimum Gasteiger partial charge on any atom is -0.314 e. The molecular weight excluding hydrogens is 263 g/mol. The van der Waals surface area contributed by atoms with Gasteiger partial charge in [0.15, 0.2) is 0 Å². The third-order valence-corrected chi connectivity index (χ3v) is 4.24. The molecule has 1 aliphatic rings. The fourth-order valence-corrected chi connectivity index (χ4v) is 2.95. The maximum Gasteiger partial charge on any atom is 0.129 e. The van der Waals surface area contributed by atoms with Gasteiger partial charge in [0.05, 0.1) is 0 Å². The van der Waals surface area contributed by atoms with E-state index in [2.05, 4.69) is 24.1 Å². The lowest BCUT2D eigenvalue weighted by molar-refractivity contribution is 0.125. The Balaban J connectivity index is 2.30. The summed E-state index contributed by atoms with van der Waals surface area (Å²) in [6.45, 7) is 8.24. The lowest BCUT2D eigenvalue weighted by Crippen LogP contribution is -2.46. The highest BCUT2D eigenvalue weighted by Gasteiger charge is 2.28. The molecule has 1 heterocycles. The Bertz CT molecular complexity index is 419. The quantitative estimate of drug-likeness (QED) is 0.911. The molecule has 2 rings (SSSR count).